The minimum atomic E-state index is -4.66. The lowest BCUT2D eigenvalue weighted by atomic mass is 10.1. The fourth-order valence-electron chi connectivity index (χ4n) is 3.45. The van der Waals surface area contributed by atoms with E-state index in [0.29, 0.717) is 12.3 Å². The van der Waals surface area contributed by atoms with Crippen LogP contribution in [0.1, 0.15) is 29.1 Å². The van der Waals surface area contributed by atoms with Gasteiger partial charge >= 0.3 is 6.30 Å². The molecular formula is C24H31F3N4O3Si. The molecule has 1 atom stereocenters. The van der Waals surface area contributed by atoms with Gasteiger partial charge in [-0.05, 0) is 18.5 Å². The van der Waals surface area contributed by atoms with Crippen LogP contribution in [-0.2, 0) is 17.8 Å². The molecule has 1 amide bonds. The Kier molecular flexibility index (Phi) is 8.11. The van der Waals surface area contributed by atoms with Gasteiger partial charge in [-0.1, -0.05) is 50.0 Å². The Morgan fingerprint density at radius 3 is 2.46 bits per heavy atom. The minimum absolute atomic E-state index is 0.0250. The SMILES string of the molecule is CNC(=O)c1c(O[C@@H](C)c2ccccc2)cc(-c2cnn(C(F)(F)F)c2)n1COCC[Si](C)(C)C. The molecule has 3 aromatic rings. The van der Waals surface area contributed by atoms with E-state index in [2.05, 4.69) is 30.1 Å². The van der Waals surface area contributed by atoms with Crippen molar-refractivity contribution in [3.63, 3.8) is 0 Å². The van der Waals surface area contributed by atoms with Crippen LogP contribution in [0.4, 0.5) is 13.2 Å². The van der Waals surface area contributed by atoms with Gasteiger partial charge in [-0.15, -0.1) is 13.2 Å². The number of aromatic nitrogens is 3. The van der Waals surface area contributed by atoms with Crippen LogP contribution in [-0.4, -0.2) is 42.0 Å². The maximum absolute atomic E-state index is 13.2. The summed E-state index contributed by atoms with van der Waals surface area (Å²) in [4.78, 5) is 12.9. The summed E-state index contributed by atoms with van der Waals surface area (Å²) in [6.45, 7) is 8.94. The molecule has 0 saturated heterocycles. The molecule has 1 aromatic carbocycles. The second-order valence-corrected chi connectivity index (χ2v) is 15.0. The van der Waals surface area contributed by atoms with Crippen LogP contribution in [0, 0.1) is 0 Å². The fourth-order valence-corrected chi connectivity index (χ4v) is 4.21. The number of hydrogen-bond acceptors (Lipinski definition) is 4. The Hall–Kier alpha value is -3.05. The van der Waals surface area contributed by atoms with Crippen molar-refractivity contribution in [1.29, 1.82) is 0 Å². The summed E-state index contributed by atoms with van der Waals surface area (Å²) in [5, 5.41) is 6.04. The Bertz CT molecular complexity index is 1140. The molecule has 1 N–H and O–H groups in total. The molecule has 190 valence electrons. The number of halogens is 3. The number of carbonyl (C=O) groups excluding carboxylic acids is 1. The van der Waals surface area contributed by atoms with Gasteiger partial charge in [0.1, 0.15) is 12.8 Å². The molecule has 3 rings (SSSR count). The van der Waals surface area contributed by atoms with E-state index in [-0.39, 0.29) is 28.4 Å². The number of rotatable bonds is 10. The van der Waals surface area contributed by atoms with Gasteiger partial charge in [0.25, 0.3) is 5.91 Å². The third-order valence-corrected chi connectivity index (χ3v) is 7.14. The third-order valence-electron chi connectivity index (χ3n) is 5.43. The first-order chi connectivity index (χ1) is 16.4. The van der Waals surface area contributed by atoms with Gasteiger partial charge in [0.2, 0.25) is 0 Å². The average molecular weight is 509 g/mol. The highest BCUT2D eigenvalue weighted by molar-refractivity contribution is 6.76. The summed E-state index contributed by atoms with van der Waals surface area (Å²) in [5.74, 6) is -0.201. The maximum atomic E-state index is 13.2. The van der Waals surface area contributed by atoms with Gasteiger partial charge in [-0.25, -0.2) is 0 Å². The molecule has 2 aromatic heterocycles. The summed E-state index contributed by atoms with van der Waals surface area (Å²) in [5.41, 5.74) is 1.57. The number of alkyl halides is 3. The zero-order valence-electron chi connectivity index (χ0n) is 20.5. The molecule has 35 heavy (non-hydrogen) atoms. The lowest BCUT2D eigenvalue weighted by molar-refractivity contribution is -0.212. The zero-order chi connectivity index (χ0) is 25.8. The van der Waals surface area contributed by atoms with Crippen LogP contribution >= 0.6 is 0 Å². The smallest absolute Gasteiger partial charge is 0.484 e. The van der Waals surface area contributed by atoms with E-state index in [1.54, 1.807) is 6.07 Å². The molecular weight excluding hydrogens is 477 g/mol. The van der Waals surface area contributed by atoms with E-state index in [9.17, 15) is 18.0 Å². The Labute approximate surface area is 203 Å². The second kappa shape index (κ2) is 10.7. The van der Waals surface area contributed by atoms with E-state index in [1.165, 1.54) is 11.6 Å². The molecule has 0 aliphatic carbocycles. The number of nitrogens with one attached hydrogen (secondary N) is 1. The predicted octanol–water partition coefficient (Wildman–Crippen LogP) is 5.64. The molecule has 0 aliphatic heterocycles. The molecule has 7 nitrogen and oxygen atoms in total. The largest absolute Gasteiger partial charge is 0.504 e. The van der Waals surface area contributed by atoms with E-state index in [0.717, 1.165) is 24.0 Å². The first kappa shape index (κ1) is 26.5. The number of benzene rings is 1. The maximum Gasteiger partial charge on any atom is 0.504 e. The molecule has 0 spiro atoms. The van der Waals surface area contributed by atoms with Crippen molar-refractivity contribution in [3.8, 4) is 17.0 Å². The molecule has 2 heterocycles. The standard InChI is InChI=1S/C24H31F3N4O3Si/c1-17(18-9-7-6-8-10-18)34-21-13-20(19-14-29-31(15-19)24(25,26)27)30(22(21)23(32)28-2)16-33-11-12-35(3,4)5/h6-10,13-15,17H,11-12,16H2,1-5H3,(H,28,32)/t17-/m0/s1. The Morgan fingerprint density at radius 2 is 1.89 bits per heavy atom. The van der Waals surface area contributed by atoms with E-state index in [1.807, 2.05) is 37.3 Å². The molecule has 11 heteroatoms. The average Bonchev–Trinajstić information content (AvgIpc) is 3.41. The van der Waals surface area contributed by atoms with E-state index < -0.39 is 26.4 Å². The van der Waals surface area contributed by atoms with E-state index in [4.69, 9.17) is 9.47 Å². The molecule has 0 aliphatic rings. The van der Waals surface area contributed by atoms with Crippen molar-refractivity contribution in [1.82, 2.24) is 19.7 Å². The molecule has 0 bridgehead atoms. The summed E-state index contributed by atoms with van der Waals surface area (Å²) >= 11 is 0. The highest BCUT2D eigenvalue weighted by atomic mass is 28.3. The summed E-state index contributed by atoms with van der Waals surface area (Å²) in [7, 11) is 0.120. The normalized spacial score (nSPS) is 13.0. The lowest BCUT2D eigenvalue weighted by Crippen LogP contribution is -2.25. The summed E-state index contributed by atoms with van der Waals surface area (Å²) in [6.07, 6.45) is -3.08. The number of hydrogen-bond donors (Lipinski definition) is 1. The highest BCUT2D eigenvalue weighted by Gasteiger charge is 2.33. The molecule has 0 radical (unpaired) electrons. The van der Waals surface area contributed by atoms with Crippen molar-refractivity contribution in [3.05, 3.63) is 60.0 Å². The predicted molar refractivity (Wildman–Crippen MR) is 130 cm³/mol. The van der Waals surface area contributed by atoms with Crippen molar-refractivity contribution in [2.24, 2.45) is 0 Å². The second-order valence-electron chi connectivity index (χ2n) is 9.41. The van der Waals surface area contributed by atoms with Crippen LogP contribution < -0.4 is 10.1 Å². The number of nitrogens with zero attached hydrogens (tertiary/aromatic N) is 3. The van der Waals surface area contributed by atoms with Crippen LogP contribution in [0.5, 0.6) is 5.75 Å². The van der Waals surface area contributed by atoms with Crippen LogP contribution in [0.15, 0.2) is 48.8 Å². The van der Waals surface area contributed by atoms with Gasteiger partial charge in [-0.3, -0.25) is 4.79 Å². The van der Waals surface area contributed by atoms with Crippen LogP contribution in [0.3, 0.4) is 0 Å². The molecule has 0 saturated carbocycles. The highest BCUT2D eigenvalue weighted by Crippen LogP contribution is 2.35. The fraction of sp³-hybridized carbons (Fsp3) is 0.417. The quantitative estimate of drug-likeness (QED) is 0.284. The monoisotopic (exact) mass is 508 g/mol. The number of amides is 1. The van der Waals surface area contributed by atoms with Gasteiger partial charge in [0.05, 0.1) is 11.9 Å². The van der Waals surface area contributed by atoms with Crippen molar-refractivity contribution in [2.75, 3.05) is 13.7 Å². The van der Waals surface area contributed by atoms with Crippen LogP contribution in [0.25, 0.3) is 11.3 Å². The van der Waals surface area contributed by atoms with Crippen molar-refractivity contribution >= 4 is 14.0 Å². The number of carbonyl (C=O) groups is 1. The lowest BCUT2D eigenvalue weighted by Gasteiger charge is -2.18. The van der Waals surface area contributed by atoms with Gasteiger partial charge < -0.3 is 19.4 Å². The van der Waals surface area contributed by atoms with Gasteiger partial charge in [-0.2, -0.15) is 9.78 Å². The van der Waals surface area contributed by atoms with Crippen molar-refractivity contribution in [2.45, 2.75) is 51.7 Å². The summed E-state index contributed by atoms with van der Waals surface area (Å²) in [6, 6.07) is 11.9. The number of ether oxygens (including phenoxy) is 2. The third kappa shape index (κ3) is 6.76. The van der Waals surface area contributed by atoms with Crippen LogP contribution in [0.2, 0.25) is 25.7 Å². The summed E-state index contributed by atoms with van der Waals surface area (Å²) < 4.78 is 53.1. The molecule has 0 unspecified atom stereocenters. The first-order valence-corrected chi connectivity index (χ1v) is 15.0. The van der Waals surface area contributed by atoms with Gasteiger partial charge in [0.15, 0.2) is 11.4 Å². The van der Waals surface area contributed by atoms with E-state index >= 15 is 0 Å². The van der Waals surface area contributed by atoms with Crippen molar-refractivity contribution < 1.29 is 27.4 Å². The first-order valence-electron chi connectivity index (χ1n) is 11.3. The zero-order valence-corrected chi connectivity index (χ0v) is 21.5. The Balaban J connectivity index is 2.03. The minimum Gasteiger partial charge on any atom is -0.484 e. The van der Waals surface area contributed by atoms with Gasteiger partial charge in [0, 0.05) is 39.6 Å². The Morgan fingerprint density at radius 1 is 1.20 bits per heavy atom. The molecule has 0 fully saturated rings. The topological polar surface area (TPSA) is 70.3 Å².